The van der Waals surface area contributed by atoms with Crippen LogP contribution in [0, 0.1) is 0 Å². The molecule has 1 aromatic rings. The van der Waals surface area contributed by atoms with E-state index in [9.17, 15) is 0 Å². The van der Waals surface area contributed by atoms with Gasteiger partial charge in [0.25, 0.3) is 0 Å². The molecule has 1 fully saturated rings. The number of hydrogen-bond acceptors (Lipinski definition) is 3. The van der Waals surface area contributed by atoms with E-state index < -0.39 is 0 Å². The largest absolute Gasteiger partial charge is 0.312 e. The Morgan fingerprint density at radius 3 is 2.58 bits per heavy atom. The third-order valence-electron chi connectivity index (χ3n) is 3.73. The summed E-state index contributed by atoms with van der Waals surface area (Å²) in [6, 6.07) is 4.56. The normalized spacial score (nSPS) is 17.2. The van der Waals surface area contributed by atoms with Crippen molar-refractivity contribution in [1.29, 1.82) is 0 Å². The lowest BCUT2D eigenvalue weighted by Crippen LogP contribution is -2.24. The quantitative estimate of drug-likeness (QED) is 0.801. The van der Waals surface area contributed by atoms with Crippen LogP contribution >= 0.6 is 11.3 Å². The van der Waals surface area contributed by atoms with Gasteiger partial charge in [0.1, 0.15) is 0 Å². The Balaban J connectivity index is 1.61. The summed E-state index contributed by atoms with van der Waals surface area (Å²) in [5.74, 6) is 0. The molecule has 0 aromatic carbocycles. The van der Waals surface area contributed by atoms with E-state index in [1.807, 2.05) is 11.3 Å². The van der Waals surface area contributed by atoms with Crippen LogP contribution in [-0.2, 0) is 12.0 Å². The highest BCUT2D eigenvalue weighted by atomic mass is 32.1. The van der Waals surface area contributed by atoms with Gasteiger partial charge in [0, 0.05) is 16.3 Å². The highest BCUT2D eigenvalue weighted by molar-refractivity contribution is 7.12. The fraction of sp³-hybridized carbons (Fsp3) is 0.750. The van der Waals surface area contributed by atoms with Gasteiger partial charge in [-0.2, -0.15) is 0 Å². The molecule has 0 spiro atoms. The number of nitrogens with one attached hydrogen (secondary N) is 1. The molecule has 1 aliphatic rings. The summed E-state index contributed by atoms with van der Waals surface area (Å²) >= 11 is 1.95. The molecule has 2 heterocycles. The number of nitrogens with zero attached hydrogens (tertiary/aromatic N) is 1. The Hall–Kier alpha value is -0.380. The Bertz CT molecular complexity index is 372. The van der Waals surface area contributed by atoms with Gasteiger partial charge in [-0.05, 0) is 63.0 Å². The second-order valence-corrected chi connectivity index (χ2v) is 7.76. The summed E-state index contributed by atoms with van der Waals surface area (Å²) in [7, 11) is 0. The van der Waals surface area contributed by atoms with Crippen molar-refractivity contribution in [1.82, 2.24) is 10.2 Å². The van der Waals surface area contributed by atoms with Crippen molar-refractivity contribution in [3.05, 3.63) is 21.9 Å². The van der Waals surface area contributed by atoms with E-state index in [0.29, 0.717) is 5.41 Å². The van der Waals surface area contributed by atoms with E-state index in [-0.39, 0.29) is 0 Å². The summed E-state index contributed by atoms with van der Waals surface area (Å²) in [4.78, 5) is 5.54. The van der Waals surface area contributed by atoms with Crippen LogP contribution in [0.15, 0.2) is 12.1 Å². The Kier molecular flexibility index (Phi) is 5.43. The van der Waals surface area contributed by atoms with Crippen molar-refractivity contribution in [2.75, 3.05) is 26.2 Å². The fourth-order valence-corrected chi connectivity index (χ4v) is 3.56. The minimum Gasteiger partial charge on any atom is -0.312 e. The van der Waals surface area contributed by atoms with Crippen molar-refractivity contribution in [3.8, 4) is 0 Å². The van der Waals surface area contributed by atoms with Gasteiger partial charge in [-0.3, -0.25) is 0 Å². The Morgan fingerprint density at radius 2 is 1.95 bits per heavy atom. The summed E-state index contributed by atoms with van der Waals surface area (Å²) < 4.78 is 0. The van der Waals surface area contributed by atoms with Crippen LogP contribution in [-0.4, -0.2) is 31.1 Å². The van der Waals surface area contributed by atoms with Gasteiger partial charge in [0.2, 0.25) is 0 Å². The number of thiophene rings is 1. The van der Waals surface area contributed by atoms with E-state index >= 15 is 0 Å². The van der Waals surface area contributed by atoms with Gasteiger partial charge < -0.3 is 10.2 Å². The summed E-state index contributed by atoms with van der Waals surface area (Å²) in [6.45, 7) is 12.9. The smallest absolute Gasteiger partial charge is 0.0299 e. The van der Waals surface area contributed by atoms with Gasteiger partial charge in [-0.15, -0.1) is 11.3 Å². The highest BCUT2D eigenvalue weighted by Crippen LogP contribution is 2.29. The van der Waals surface area contributed by atoms with Crippen molar-refractivity contribution >= 4 is 11.3 Å². The average Bonchev–Trinajstić information content (AvgIpc) is 2.97. The molecule has 19 heavy (non-hydrogen) atoms. The van der Waals surface area contributed by atoms with E-state index in [1.165, 1.54) is 48.7 Å². The maximum atomic E-state index is 3.57. The molecule has 108 valence electrons. The molecule has 0 aliphatic carbocycles. The van der Waals surface area contributed by atoms with Crippen LogP contribution in [0.1, 0.15) is 49.8 Å². The lowest BCUT2D eigenvalue weighted by molar-refractivity contribution is 0.331. The molecular formula is C16H28N2S. The molecular weight excluding hydrogens is 252 g/mol. The van der Waals surface area contributed by atoms with E-state index in [4.69, 9.17) is 0 Å². The van der Waals surface area contributed by atoms with Gasteiger partial charge in [-0.25, -0.2) is 0 Å². The van der Waals surface area contributed by atoms with Crippen molar-refractivity contribution in [2.45, 2.75) is 52.0 Å². The first-order valence-electron chi connectivity index (χ1n) is 7.58. The monoisotopic (exact) mass is 280 g/mol. The number of rotatable bonds is 6. The minimum absolute atomic E-state index is 0.290. The van der Waals surface area contributed by atoms with Crippen LogP contribution in [0.25, 0.3) is 0 Å². The predicted molar refractivity (Wildman–Crippen MR) is 85.0 cm³/mol. The molecule has 3 heteroatoms. The molecule has 1 aliphatic heterocycles. The lowest BCUT2D eigenvalue weighted by Gasteiger charge is -2.15. The molecule has 0 atom stereocenters. The summed E-state index contributed by atoms with van der Waals surface area (Å²) in [6.07, 6.45) is 4.08. The van der Waals surface area contributed by atoms with Crippen LogP contribution in [0.5, 0.6) is 0 Å². The molecule has 1 saturated heterocycles. The lowest BCUT2D eigenvalue weighted by atomic mass is 9.95. The van der Waals surface area contributed by atoms with Crippen LogP contribution in [0.2, 0.25) is 0 Å². The van der Waals surface area contributed by atoms with E-state index in [0.717, 1.165) is 13.1 Å². The van der Waals surface area contributed by atoms with Crippen LogP contribution in [0.3, 0.4) is 0 Å². The maximum absolute atomic E-state index is 3.57. The standard InChI is InChI=1S/C16H28N2S/c1-16(2,3)15-8-7-14(19-15)13-17-9-6-12-18-10-4-5-11-18/h7-8,17H,4-6,9-13H2,1-3H3. The van der Waals surface area contributed by atoms with Gasteiger partial charge in [0.15, 0.2) is 0 Å². The van der Waals surface area contributed by atoms with E-state index in [2.05, 4.69) is 43.1 Å². The molecule has 0 amide bonds. The first-order chi connectivity index (χ1) is 9.05. The van der Waals surface area contributed by atoms with Crippen molar-refractivity contribution < 1.29 is 0 Å². The molecule has 0 radical (unpaired) electrons. The van der Waals surface area contributed by atoms with Gasteiger partial charge >= 0.3 is 0 Å². The topological polar surface area (TPSA) is 15.3 Å². The van der Waals surface area contributed by atoms with Gasteiger partial charge in [-0.1, -0.05) is 20.8 Å². The molecule has 0 bridgehead atoms. The second kappa shape index (κ2) is 6.87. The Labute approximate surface area is 122 Å². The number of likely N-dealkylation sites (tertiary alicyclic amines) is 1. The van der Waals surface area contributed by atoms with Crippen molar-refractivity contribution in [2.24, 2.45) is 0 Å². The Morgan fingerprint density at radius 1 is 1.21 bits per heavy atom. The zero-order chi connectivity index (χ0) is 13.7. The third-order valence-corrected chi connectivity index (χ3v) is 5.24. The second-order valence-electron chi connectivity index (χ2n) is 6.60. The minimum atomic E-state index is 0.290. The van der Waals surface area contributed by atoms with E-state index in [1.54, 1.807) is 0 Å². The van der Waals surface area contributed by atoms with Crippen LogP contribution < -0.4 is 5.32 Å². The predicted octanol–water partition coefficient (Wildman–Crippen LogP) is 3.62. The van der Waals surface area contributed by atoms with Crippen molar-refractivity contribution in [3.63, 3.8) is 0 Å². The molecule has 2 nitrogen and oxygen atoms in total. The zero-order valence-corrected chi connectivity index (χ0v) is 13.5. The first-order valence-corrected chi connectivity index (χ1v) is 8.39. The molecule has 2 rings (SSSR count). The highest BCUT2D eigenvalue weighted by Gasteiger charge is 2.15. The average molecular weight is 280 g/mol. The summed E-state index contributed by atoms with van der Waals surface area (Å²) in [5.41, 5.74) is 0.290. The van der Waals surface area contributed by atoms with Gasteiger partial charge in [0.05, 0.1) is 0 Å². The third kappa shape index (κ3) is 4.90. The summed E-state index contributed by atoms with van der Waals surface area (Å²) in [5, 5.41) is 3.57. The first kappa shape index (κ1) is 15.0. The molecule has 0 unspecified atom stereocenters. The molecule has 1 aromatic heterocycles. The van der Waals surface area contributed by atoms with Crippen LogP contribution in [0.4, 0.5) is 0 Å². The maximum Gasteiger partial charge on any atom is 0.0299 e. The SMILES string of the molecule is CC(C)(C)c1ccc(CNCCCN2CCCC2)s1. The number of hydrogen-bond donors (Lipinski definition) is 1. The molecule has 1 N–H and O–H groups in total. The molecule has 0 saturated carbocycles. The zero-order valence-electron chi connectivity index (χ0n) is 12.7. The fourth-order valence-electron chi connectivity index (χ4n) is 2.52.